The van der Waals surface area contributed by atoms with Crippen molar-refractivity contribution in [1.29, 1.82) is 0 Å². The molecule has 0 aliphatic heterocycles. The molecule has 100 valence electrons. The van der Waals surface area contributed by atoms with Gasteiger partial charge in [0.1, 0.15) is 0 Å². The van der Waals surface area contributed by atoms with Crippen molar-refractivity contribution in [3.05, 3.63) is 42.7 Å². The van der Waals surface area contributed by atoms with Crippen molar-refractivity contribution in [2.24, 2.45) is 0 Å². The smallest absolute Gasteiger partial charge is 0.0267 e. The van der Waals surface area contributed by atoms with E-state index in [2.05, 4.69) is 17.1 Å². The highest BCUT2D eigenvalue weighted by Gasteiger charge is 1.92. The van der Waals surface area contributed by atoms with Gasteiger partial charge in [0.25, 0.3) is 0 Å². The maximum absolute atomic E-state index is 3.78. The summed E-state index contributed by atoms with van der Waals surface area (Å²) in [6.45, 7) is 0. The maximum Gasteiger partial charge on any atom is 0.0267 e. The molecule has 0 N–H and O–H groups in total. The van der Waals surface area contributed by atoms with Crippen molar-refractivity contribution in [3.63, 3.8) is 0 Å². The Morgan fingerprint density at radius 2 is 0.944 bits per heavy atom. The number of nitrogens with zero attached hydrogens (tertiary/aromatic N) is 1. The quantitative estimate of drug-likeness (QED) is 0.547. The number of aromatic nitrogens is 1. The first-order valence-electron chi connectivity index (χ1n) is 7.50. The third-order valence-corrected chi connectivity index (χ3v) is 3.22. The van der Waals surface area contributed by atoms with Gasteiger partial charge < -0.3 is 0 Å². The summed E-state index contributed by atoms with van der Waals surface area (Å²) in [5.41, 5.74) is 0. The van der Waals surface area contributed by atoms with Crippen LogP contribution in [0.1, 0.15) is 64.2 Å². The van der Waals surface area contributed by atoms with E-state index in [0.29, 0.717) is 0 Å². The van der Waals surface area contributed by atoms with Crippen LogP contribution < -0.4 is 0 Å². The summed E-state index contributed by atoms with van der Waals surface area (Å²) < 4.78 is 0. The van der Waals surface area contributed by atoms with E-state index in [9.17, 15) is 0 Å². The molecule has 18 heavy (non-hydrogen) atoms. The SMILES string of the molecule is C1=CCCCCCCCCCC1.c1ccncc1. The predicted molar refractivity (Wildman–Crippen MR) is 79.5 cm³/mol. The van der Waals surface area contributed by atoms with Crippen molar-refractivity contribution < 1.29 is 0 Å². The average molecular weight is 245 g/mol. The number of pyridine rings is 1. The molecular formula is C17H27N. The van der Waals surface area contributed by atoms with Gasteiger partial charge in [0.05, 0.1) is 0 Å². The van der Waals surface area contributed by atoms with Gasteiger partial charge in [-0.2, -0.15) is 0 Å². The molecule has 1 aliphatic rings. The van der Waals surface area contributed by atoms with Gasteiger partial charge in [-0.05, 0) is 37.8 Å². The minimum Gasteiger partial charge on any atom is -0.265 e. The molecule has 1 aromatic heterocycles. The normalized spacial score (nSPS) is 17.8. The second kappa shape index (κ2) is 12.3. The lowest BCUT2D eigenvalue weighted by Crippen LogP contribution is -1.82. The predicted octanol–water partition coefficient (Wildman–Crippen LogP) is 5.54. The molecule has 0 spiro atoms. The van der Waals surface area contributed by atoms with Gasteiger partial charge in [0.2, 0.25) is 0 Å². The molecule has 0 fully saturated rings. The van der Waals surface area contributed by atoms with Gasteiger partial charge in [-0.25, -0.2) is 0 Å². The number of hydrogen-bond acceptors (Lipinski definition) is 1. The molecule has 0 unspecified atom stereocenters. The average Bonchev–Trinajstić information content (AvgIpc) is 2.42. The van der Waals surface area contributed by atoms with Crippen LogP contribution >= 0.6 is 0 Å². The van der Waals surface area contributed by atoms with E-state index in [-0.39, 0.29) is 0 Å². The van der Waals surface area contributed by atoms with E-state index < -0.39 is 0 Å². The highest BCUT2D eigenvalue weighted by atomic mass is 14.6. The molecule has 1 nitrogen and oxygen atoms in total. The Bertz CT molecular complexity index is 238. The first kappa shape index (κ1) is 14.9. The Labute approximate surface area is 112 Å². The first-order valence-corrected chi connectivity index (χ1v) is 7.50. The zero-order valence-corrected chi connectivity index (χ0v) is 11.6. The molecule has 2 rings (SSSR count). The van der Waals surface area contributed by atoms with Gasteiger partial charge in [-0.15, -0.1) is 0 Å². The summed E-state index contributed by atoms with van der Waals surface area (Å²) in [6.07, 6.45) is 22.5. The molecule has 0 aromatic carbocycles. The standard InChI is InChI=1S/C12H22.C5H5N/c1-2-4-6-8-10-12-11-9-7-5-3-1;1-2-4-6-5-3-1/h1-2H,3-12H2;1-5H. The van der Waals surface area contributed by atoms with E-state index in [0.717, 1.165) is 0 Å². The van der Waals surface area contributed by atoms with Crippen LogP contribution in [0, 0.1) is 0 Å². The molecule has 1 aromatic rings. The third-order valence-electron chi connectivity index (χ3n) is 3.22. The summed E-state index contributed by atoms with van der Waals surface area (Å²) in [7, 11) is 0. The molecule has 1 heterocycles. The minimum atomic E-state index is 1.32. The van der Waals surface area contributed by atoms with Crippen molar-refractivity contribution in [3.8, 4) is 0 Å². The summed E-state index contributed by atoms with van der Waals surface area (Å²) >= 11 is 0. The largest absolute Gasteiger partial charge is 0.265 e. The molecule has 1 heteroatoms. The lowest BCUT2D eigenvalue weighted by molar-refractivity contribution is 0.566. The van der Waals surface area contributed by atoms with Crippen LogP contribution in [0.2, 0.25) is 0 Å². The maximum atomic E-state index is 3.78. The second-order valence-electron chi connectivity index (χ2n) is 4.90. The highest BCUT2D eigenvalue weighted by molar-refractivity contribution is 4.88. The van der Waals surface area contributed by atoms with Crippen molar-refractivity contribution in [1.82, 2.24) is 4.98 Å². The molecule has 0 saturated heterocycles. The van der Waals surface area contributed by atoms with E-state index in [1.165, 1.54) is 64.2 Å². The number of allylic oxidation sites excluding steroid dienone is 2. The fourth-order valence-electron chi connectivity index (χ4n) is 2.13. The van der Waals surface area contributed by atoms with Crippen LogP contribution in [-0.2, 0) is 0 Å². The molecule has 0 bridgehead atoms. The van der Waals surface area contributed by atoms with E-state index >= 15 is 0 Å². The lowest BCUT2D eigenvalue weighted by atomic mass is 10.0. The highest BCUT2D eigenvalue weighted by Crippen LogP contribution is 2.12. The summed E-state index contributed by atoms with van der Waals surface area (Å²) in [5, 5.41) is 0. The summed E-state index contributed by atoms with van der Waals surface area (Å²) in [6, 6.07) is 5.72. The molecule has 0 saturated carbocycles. The van der Waals surface area contributed by atoms with Gasteiger partial charge in [0, 0.05) is 12.4 Å². The van der Waals surface area contributed by atoms with Crippen molar-refractivity contribution in [2.45, 2.75) is 64.2 Å². The van der Waals surface area contributed by atoms with Crippen molar-refractivity contribution >= 4 is 0 Å². The van der Waals surface area contributed by atoms with Crippen LogP contribution in [0.5, 0.6) is 0 Å². The fraction of sp³-hybridized carbons (Fsp3) is 0.588. The molecule has 0 atom stereocenters. The van der Waals surface area contributed by atoms with Crippen molar-refractivity contribution in [2.75, 3.05) is 0 Å². The Hall–Kier alpha value is -1.11. The zero-order chi connectivity index (χ0) is 12.7. The third kappa shape index (κ3) is 10.1. The number of hydrogen-bond donors (Lipinski definition) is 0. The fourth-order valence-corrected chi connectivity index (χ4v) is 2.13. The Kier molecular flexibility index (Phi) is 10.3. The minimum absolute atomic E-state index is 1.32. The molecular weight excluding hydrogens is 218 g/mol. The van der Waals surface area contributed by atoms with Crippen LogP contribution in [0.4, 0.5) is 0 Å². The van der Waals surface area contributed by atoms with Crippen LogP contribution in [0.15, 0.2) is 42.7 Å². The summed E-state index contributed by atoms with van der Waals surface area (Å²) in [4.78, 5) is 3.78. The van der Waals surface area contributed by atoms with E-state index in [4.69, 9.17) is 0 Å². The van der Waals surface area contributed by atoms with Crippen LogP contribution in [-0.4, -0.2) is 4.98 Å². The lowest BCUT2D eigenvalue weighted by Gasteiger charge is -2.02. The first-order chi connectivity index (χ1) is 9.00. The zero-order valence-electron chi connectivity index (χ0n) is 11.6. The Balaban J connectivity index is 0.000000225. The molecule has 0 radical (unpaired) electrons. The van der Waals surface area contributed by atoms with Gasteiger partial charge >= 0.3 is 0 Å². The van der Waals surface area contributed by atoms with Crippen LogP contribution in [0.25, 0.3) is 0 Å². The molecule has 0 amide bonds. The topological polar surface area (TPSA) is 12.9 Å². The monoisotopic (exact) mass is 245 g/mol. The van der Waals surface area contributed by atoms with Gasteiger partial charge in [-0.3, -0.25) is 4.98 Å². The van der Waals surface area contributed by atoms with E-state index in [1.54, 1.807) is 12.4 Å². The van der Waals surface area contributed by atoms with Gasteiger partial charge in [-0.1, -0.05) is 56.7 Å². The van der Waals surface area contributed by atoms with E-state index in [1.807, 2.05) is 18.2 Å². The van der Waals surface area contributed by atoms with Crippen LogP contribution in [0.3, 0.4) is 0 Å². The summed E-state index contributed by atoms with van der Waals surface area (Å²) in [5.74, 6) is 0. The second-order valence-corrected chi connectivity index (χ2v) is 4.90. The number of rotatable bonds is 0. The van der Waals surface area contributed by atoms with Gasteiger partial charge in [0.15, 0.2) is 0 Å². The Morgan fingerprint density at radius 3 is 1.28 bits per heavy atom. The molecule has 1 aliphatic carbocycles. The Morgan fingerprint density at radius 1 is 0.500 bits per heavy atom.